The number of nitrogens with zero attached hydrogens (tertiary/aromatic N) is 1. The summed E-state index contributed by atoms with van der Waals surface area (Å²) >= 11 is 5.99. The highest BCUT2D eigenvalue weighted by Gasteiger charge is 2.16. The molecule has 1 heterocycles. The second kappa shape index (κ2) is 4.82. The Morgan fingerprint density at radius 1 is 1.33 bits per heavy atom. The highest BCUT2D eigenvalue weighted by molar-refractivity contribution is 6.31. The van der Waals surface area contributed by atoms with E-state index < -0.39 is 0 Å². The average Bonchev–Trinajstić information content (AvgIpc) is 2.64. The quantitative estimate of drug-likeness (QED) is 0.903. The van der Waals surface area contributed by atoms with Gasteiger partial charge in [0.15, 0.2) is 5.89 Å². The molecule has 0 aliphatic rings. The van der Waals surface area contributed by atoms with Gasteiger partial charge < -0.3 is 9.73 Å². The number of oxazole rings is 1. The van der Waals surface area contributed by atoms with Crippen molar-refractivity contribution in [3.63, 3.8) is 0 Å². The van der Waals surface area contributed by atoms with E-state index in [-0.39, 0.29) is 11.7 Å². The van der Waals surface area contributed by atoms with Gasteiger partial charge in [-0.1, -0.05) is 17.7 Å². The molecule has 18 heavy (non-hydrogen) atoms. The molecular formula is C13H13ClN2O2. The van der Waals surface area contributed by atoms with Crippen LogP contribution in [0.1, 0.15) is 27.7 Å². The Morgan fingerprint density at radius 3 is 2.67 bits per heavy atom. The number of hydrogen-bond donors (Lipinski definition) is 1. The van der Waals surface area contributed by atoms with Crippen LogP contribution in [-0.4, -0.2) is 10.9 Å². The Labute approximate surface area is 110 Å². The number of nitrogens with one attached hydrogen (secondary N) is 1. The fourth-order valence-electron chi connectivity index (χ4n) is 1.66. The summed E-state index contributed by atoms with van der Waals surface area (Å²) < 4.78 is 5.26. The average molecular weight is 265 g/mol. The molecule has 0 fully saturated rings. The molecule has 4 nitrogen and oxygen atoms in total. The van der Waals surface area contributed by atoms with Crippen molar-refractivity contribution in [2.24, 2.45) is 0 Å². The van der Waals surface area contributed by atoms with E-state index in [1.807, 2.05) is 6.92 Å². The van der Waals surface area contributed by atoms with Crippen molar-refractivity contribution in [1.29, 1.82) is 0 Å². The molecule has 0 spiro atoms. The number of amides is 1. The SMILES string of the molecule is Cc1nc(C)c(C(=O)Nc2cccc(Cl)c2C)o1. The second-order valence-electron chi connectivity index (χ2n) is 4.01. The summed E-state index contributed by atoms with van der Waals surface area (Å²) in [4.78, 5) is 16.1. The van der Waals surface area contributed by atoms with Crippen LogP contribution in [0.2, 0.25) is 5.02 Å². The molecule has 0 saturated carbocycles. The van der Waals surface area contributed by atoms with Gasteiger partial charge >= 0.3 is 0 Å². The molecule has 1 aromatic heterocycles. The molecule has 0 bridgehead atoms. The van der Waals surface area contributed by atoms with Crippen molar-refractivity contribution in [1.82, 2.24) is 4.98 Å². The van der Waals surface area contributed by atoms with Crippen LogP contribution < -0.4 is 5.32 Å². The van der Waals surface area contributed by atoms with Gasteiger partial charge in [0.2, 0.25) is 5.76 Å². The number of aromatic nitrogens is 1. The van der Waals surface area contributed by atoms with Gasteiger partial charge in [-0.05, 0) is 31.5 Å². The van der Waals surface area contributed by atoms with Gasteiger partial charge in [-0.15, -0.1) is 0 Å². The first-order valence-electron chi connectivity index (χ1n) is 5.49. The molecule has 94 valence electrons. The normalized spacial score (nSPS) is 10.4. The Kier molecular flexibility index (Phi) is 3.39. The maximum atomic E-state index is 12.0. The van der Waals surface area contributed by atoms with Gasteiger partial charge in [-0.25, -0.2) is 4.98 Å². The third-order valence-corrected chi connectivity index (χ3v) is 3.04. The number of halogens is 1. The zero-order valence-corrected chi connectivity index (χ0v) is 11.1. The number of rotatable bonds is 2. The van der Waals surface area contributed by atoms with E-state index in [4.69, 9.17) is 16.0 Å². The van der Waals surface area contributed by atoms with E-state index >= 15 is 0 Å². The Hall–Kier alpha value is -1.81. The molecule has 0 unspecified atom stereocenters. The molecule has 1 amide bonds. The minimum atomic E-state index is -0.321. The molecule has 0 aliphatic heterocycles. The molecule has 0 aliphatic carbocycles. The highest BCUT2D eigenvalue weighted by atomic mass is 35.5. The van der Waals surface area contributed by atoms with Crippen LogP contribution in [0.4, 0.5) is 5.69 Å². The minimum absolute atomic E-state index is 0.229. The maximum Gasteiger partial charge on any atom is 0.293 e. The summed E-state index contributed by atoms with van der Waals surface area (Å²) in [5, 5.41) is 3.37. The molecule has 2 aromatic rings. The Morgan fingerprint density at radius 2 is 2.06 bits per heavy atom. The van der Waals surface area contributed by atoms with E-state index in [0.717, 1.165) is 5.56 Å². The summed E-state index contributed by atoms with van der Waals surface area (Å²) in [6.07, 6.45) is 0. The number of carbonyl (C=O) groups is 1. The van der Waals surface area contributed by atoms with E-state index in [1.165, 1.54) is 0 Å². The molecular weight excluding hydrogens is 252 g/mol. The molecule has 5 heteroatoms. The summed E-state index contributed by atoms with van der Waals surface area (Å²) in [7, 11) is 0. The van der Waals surface area contributed by atoms with Crippen molar-refractivity contribution in [2.45, 2.75) is 20.8 Å². The Balaban J connectivity index is 2.27. The number of aryl methyl sites for hydroxylation is 2. The zero-order chi connectivity index (χ0) is 13.3. The van der Waals surface area contributed by atoms with Crippen LogP contribution in [0.3, 0.4) is 0 Å². The second-order valence-corrected chi connectivity index (χ2v) is 4.42. The first-order valence-corrected chi connectivity index (χ1v) is 5.87. The van der Waals surface area contributed by atoms with Gasteiger partial charge in [-0.2, -0.15) is 0 Å². The molecule has 0 radical (unpaired) electrons. The van der Waals surface area contributed by atoms with E-state index in [9.17, 15) is 4.79 Å². The largest absolute Gasteiger partial charge is 0.436 e. The molecule has 2 rings (SSSR count). The number of carbonyl (C=O) groups excluding carboxylic acids is 1. The lowest BCUT2D eigenvalue weighted by atomic mass is 10.2. The topological polar surface area (TPSA) is 55.1 Å². The molecule has 1 N–H and O–H groups in total. The smallest absolute Gasteiger partial charge is 0.293 e. The van der Waals surface area contributed by atoms with Crippen LogP contribution in [0.15, 0.2) is 22.6 Å². The standard InChI is InChI=1S/C13H13ClN2O2/c1-7-10(14)5-4-6-11(7)16-13(17)12-8(2)15-9(3)18-12/h4-6H,1-3H3,(H,16,17). The van der Waals surface area contributed by atoms with E-state index in [0.29, 0.717) is 22.3 Å². The molecule has 0 saturated heterocycles. The monoisotopic (exact) mass is 264 g/mol. The lowest BCUT2D eigenvalue weighted by molar-refractivity contribution is 0.0994. The fraction of sp³-hybridized carbons (Fsp3) is 0.231. The lowest BCUT2D eigenvalue weighted by Gasteiger charge is -2.08. The van der Waals surface area contributed by atoms with Gasteiger partial charge in [0.25, 0.3) is 5.91 Å². The van der Waals surface area contributed by atoms with Crippen molar-refractivity contribution in [3.05, 3.63) is 46.1 Å². The summed E-state index contributed by atoms with van der Waals surface area (Å²) in [6, 6.07) is 5.34. The minimum Gasteiger partial charge on any atom is -0.436 e. The van der Waals surface area contributed by atoms with Crippen molar-refractivity contribution in [3.8, 4) is 0 Å². The summed E-state index contributed by atoms with van der Waals surface area (Å²) in [5.74, 6) is 0.380. The molecule has 1 aromatic carbocycles. The van der Waals surface area contributed by atoms with Gasteiger partial charge in [0.05, 0.1) is 5.69 Å². The van der Waals surface area contributed by atoms with Crippen LogP contribution in [-0.2, 0) is 0 Å². The zero-order valence-electron chi connectivity index (χ0n) is 10.4. The van der Waals surface area contributed by atoms with Crippen molar-refractivity contribution < 1.29 is 9.21 Å². The van der Waals surface area contributed by atoms with Crippen molar-refractivity contribution in [2.75, 3.05) is 5.32 Å². The number of anilines is 1. The third kappa shape index (κ3) is 2.38. The highest BCUT2D eigenvalue weighted by Crippen LogP contribution is 2.23. The summed E-state index contributed by atoms with van der Waals surface area (Å²) in [5.41, 5.74) is 2.06. The Bertz CT molecular complexity index is 605. The van der Waals surface area contributed by atoms with Gasteiger partial charge in [0, 0.05) is 17.6 Å². The summed E-state index contributed by atoms with van der Waals surface area (Å²) in [6.45, 7) is 5.28. The van der Waals surface area contributed by atoms with Crippen molar-refractivity contribution >= 4 is 23.2 Å². The predicted molar refractivity (Wildman–Crippen MR) is 70.1 cm³/mol. The van der Waals surface area contributed by atoms with Crippen LogP contribution in [0.25, 0.3) is 0 Å². The fourth-order valence-corrected chi connectivity index (χ4v) is 1.84. The van der Waals surface area contributed by atoms with Gasteiger partial charge in [0.1, 0.15) is 0 Å². The van der Waals surface area contributed by atoms with Crippen LogP contribution in [0, 0.1) is 20.8 Å². The number of hydrogen-bond acceptors (Lipinski definition) is 3. The van der Waals surface area contributed by atoms with E-state index in [2.05, 4.69) is 10.3 Å². The van der Waals surface area contributed by atoms with E-state index in [1.54, 1.807) is 32.0 Å². The van der Waals surface area contributed by atoms with Crippen LogP contribution in [0.5, 0.6) is 0 Å². The third-order valence-electron chi connectivity index (χ3n) is 2.63. The van der Waals surface area contributed by atoms with Gasteiger partial charge in [-0.3, -0.25) is 4.79 Å². The molecule has 0 atom stereocenters. The van der Waals surface area contributed by atoms with Crippen LogP contribution >= 0.6 is 11.6 Å². The lowest BCUT2D eigenvalue weighted by Crippen LogP contribution is -2.13. The first-order chi connectivity index (χ1) is 8.49. The number of benzene rings is 1. The predicted octanol–water partition coefficient (Wildman–Crippen LogP) is 3.51. The first kappa shape index (κ1) is 12.6. The maximum absolute atomic E-state index is 12.0.